The van der Waals surface area contributed by atoms with E-state index in [0.717, 1.165) is 38.5 Å². The maximum absolute atomic E-state index is 13.3. The van der Waals surface area contributed by atoms with Gasteiger partial charge in [-0.2, -0.15) is 0 Å². The van der Waals surface area contributed by atoms with Crippen molar-refractivity contribution in [2.45, 2.75) is 193 Å². The second kappa shape index (κ2) is 44.3. The summed E-state index contributed by atoms with van der Waals surface area (Å²) in [7, 11) is 3.01. The molecule has 0 rings (SSSR count). The molecule has 0 aromatic rings. The fourth-order valence-corrected chi connectivity index (χ4v) is 6.43. The Kier molecular flexibility index (Phi) is 42.2. The third-order valence-corrected chi connectivity index (χ3v) is 10.1. The van der Waals surface area contributed by atoms with Crippen molar-refractivity contribution in [1.29, 1.82) is 0 Å². The molecule has 2 amide bonds. The molecule has 0 aliphatic heterocycles. The van der Waals surface area contributed by atoms with Crippen LogP contribution in [0.2, 0.25) is 0 Å². The van der Waals surface area contributed by atoms with Gasteiger partial charge in [-0.05, 0) is 12.8 Å². The van der Waals surface area contributed by atoms with Gasteiger partial charge in [0.25, 0.3) is 0 Å². The molecular formula is C46H86N2O12. The minimum atomic E-state index is -1.29. The molecule has 0 aromatic heterocycles. The number of esters is 3. The molecular weight excluding hydrogens is 773 g/mol. The van der Waals surface area contributed by atoms with Crippen molar-refractivity contribution in [3.05, 3.63) is 0 Å². The number of hydrogen-bond acceptors (Lipinski definition) is 12. The summed E-state index contributed by atoms with van der Waals surface area (Å²) in [5, 5.41) is 5.07. The fraction of sp³-hybridized carbons (Fsp3) is 0.891. The summed E-state index contributed by atoms with van der Waals surface area (Å²) in [6.07, 6.45) is 27.6. The van der Waals surface area contributed by atoms with Crippen molar-refractivity contribution in [2.75, 3.05) is 73.6 Å². The smallest absolute Gasteiger partial charge is 0.330 e. The van der Waals surface area contributed by atoms with Crippen LogP contribution in [0, 0.1) is 0 Å². The first-order chi connectivity index (χ1) is 29.3. The number of methoxy groups -OCH3 is 2. The van der Waals surface area contributed by atoms with E-state index in [0.29, 0.717) is 19.4 Å². The molecule has 0 bridgehead atoms. The van der Waals surface area contributed by atoms with Crippen LogP contribution in [0.25, 0.3) is 0 Å². The lowest BCUT2D eigenvalue weighted by molar-refractivity contribution is -0.167. The topological polar surface area (TPSA) is 174 Å². The van der Waals surface area contributed by atoms with Crippen LogP contribution in [-0.2, 0) is 57.1 Å². The van der Waals surface area contributed by atoms with E-state index in [1.165, 1.54) is 117 Å². The van der Waals surface area contributed by atoms with Gasteiger partial charge < -0.3 is 43.8 Å². The van der Waals surface area contributed by atoms with E-state index >= 15 is 0 Å². The lowest BCUT2D eigenvalue weighted by Gasteiger charge is -2.21. The molecule has 0 fully saturated rings. The van der Waals surface area contributed by atoms with E-state index in [9.17, 15) is 24.0 Å². The Morgan fingerprint density at radius 1 is 0.467 bits per heavy atom. The molecule has 60 heavy (non-hydrogen) atoms. The Hall–Kier alpha value is -2.81. The Morgan fingerprint density at radius 2 is 0.867 bits per heavy atom. The zero-order valence-electron chi connectivity index (χ0n) is 38.3. The lowest BCUT2D eigenvalue weighted by atomic mass is 10.0. The standard InChI is InChI=1S/C46H86N2O12/c1-5-7-9-11-13-15-17-19-21-23-25-27-29-44(51)58-36-40(60-45(52)30-28-26-24-22-20-18-16-14-12-10-8-6-2)37-59-46(53)41(48-43(50)39-57-34-32-55-4)35-47-42(49)38-56-33-31-54-3/h40-41H,5-39H2,1-4H3,(H,47,49)(H,48,50). The molecule has 0 spiro atoms. The molecule has 0 saturated heterocycles. The number of ether oxygens (including phenoxy) is 7. The largest absolute Gasteiger partial charge is 0.462 e. The number of rotatable bonds is 45. The number of nitrogens with one attached hydrogen (secondary N) is 2. The third-order valence-electron chi connectivity index (χ3n) is 10.1. The van der Waals surface area contributed by atoms with Crippen LogP contribution in [0.15, 0.2) is 0 Å². The maximum atomic E-state index is 13.3. The highest BCUT2D eigenvalue weighted by atomic mass is 16.6. The van der Waals surface area contributed by atoms with E-state index < -0.39 is 48.5 Å². The first-order valence-corrected chi connectivity index (χ1v) is 23.5. The van der Waals surface area contributed by atoms with Gasteiger partial charge in [-0.15, -0.1) is 0 Å². The molecule has 0 aromatic carbocycles. The highest BCUT2D eigenvalue weighted by molar-refractivity contribution is 5.86. The SMILES string of the molecule is CCCCCCCCCCCCCCC(=O)OCC(COC(=O)C(CNC(=O)COCCOC)NC(=O)COCCOC)OC(=O)CCCCCCCCCCCCCC. The first-order valence-electron chi connectivity index (χ1n) is 23.5. The molecule has 0 saturated carbocycles. The van der Waals surface area contributed by atoms with Crippen molar-refractivity contribution in [3.8, 4) is 0 Å². The van der Waals surface area contributed by atoms with Crippen LogP contribution >= 0.6 is 0 Å². The maximum Gasteiger partial charge on any atom is 0.330 e. The van der Waals surface area contributed by atoms with Crippen molar-refractivity contribution in [3.63, 3.8) is 0 Å². The Balaban J connectivity index is 5.09. The van der Waals surface area contributed by atoms with Crippen LogP contribution in [0.4, 0.5) is 0 Å². The summed E-state index contributed by atoms with van der Waals surface area (Å²) in [6, 6.07) is -1.29. The summed E-state index contributed by atoms with van der Waals surface area (Å²) in [4.78, 5) is 63.8. The monoisotopic (exact) mass is 859 g/mol. The van der Waals surface area contributed by atoms with Gasteiger partial charge in [0, 0.05) is 33.6 Å². The summed E-state index contributed by atoms with van der Waals surface area (Å²) >= 11 is 0. The van der Waals surface area contributed by atoms with Gasteiger partial charge in [0.05, 0.1) is 26.4 Å². The van der Waals surface area contributed by atoms with Gasteiger partial charge in [-0.3, -0.25) is 19.2 Å². The van der Waals surface area contributed by atoms with Gasteiger partial charge in [0.15, 0.2) is 6.10 Å². The molecule has 0 aliphatic rings. The number of carbonyl (C=O) groups is 5. The molecule has 2 unspecified atom stereocenters. The highest BCUT2D eigenvalue weighted by Gasteiger charge is 2.26. The van der Waals surface area contributed by atoms with Crippen LogP contribution in [0.1, 0.15) is 181 Å². The molecule has 2 atom stereocenters. The van der Waals surface area contributed by atoms with Gasteiger partial charge in [0.1, 0.15) is 32.5 Å². The van der Waals surface area contributed by atoms with Crippen molar-refractivity contribution < 1.29 is 57.1 Å². The minimum Gasteiger partial charge on any atom is -0.462 e. The molecule has 0 heterocycles. The predicted octanol–water partition coefficient (Wildman–Crippen LogP) is 8.09. The number of amides is 2. The summed E-state index contributed by atoms with van der Waals surface area (Å²) in [5.74, 6) is -2.90. The minimum absolute atomic E-state index is 0.166. The Morgan fingerprint density at radius 3 is 1.32 bits per heavy atom. The average Bonchev–Trinajstić information content (AvgIpc) is 3.24. The van der Waals surface area contributed by atoms with Crippen LogP contribution < -0.4 is 10.6 Å². The average molecular weight is 859 g/mol. The predicted molar refractivity (Wildman–Crippen MR) is 234 cm³/mol. The molecule has 14 nitrogen and oxygen atoms in total. The van der Waals surface area contributed by atoms with Crippen molar-refractivity contribution in [1.82, 2.24) is 10.6 Å². The lowest BCUT2D eigenvalue weighted by Crippen LogP contribution is -2.51. The van der Waals surface area contributed by atoms with Gasteiger partial charge in [0.2, 0.25) is 11.8 Å². The van der Waals surface area contributed by atoms with Crippen molar-refractivity contribution in [2.24, 2.45) is 0 Å². The van der Waals surface area contributed by atoms with Crippen LogP contribution in [0.3, 0.4) is 0 Å². The quantitative estimate of drug-likeness (QED) is 0.0343. The zero-order valence-corrected chi connectivity index (χ0v) is 38.3. The van der Waals surface area contributed by atoms with Crippen LogP contribution in [-0.4, -0.2) is 115 Å². The highest BCUT2D eigenvalue weighted by Crippen LogP contribution is 2.15. The Labute approximate surface area is 363 Å². The molecule has 2 N–H and O–H groups in total. The third kappa shape index (κ3) is 39.3. The van der Waals surface area contributed by atoms with Gasteiger partial charge >= 0.3 is 17.9 Å². The Bertz CT molecular complexity index is 1050. The van der Waals surface area contributed by atoms with E-state index in [1.807, 2.05) is 0 Å². The summed E-state index contributed by atoms with van der Waals surface area (Å²) < 4.78 is 37.0. The molecule has 0 radical (unpaired) electrons. The number of hydrogen-bond donors (Lipinski definition) is 2. The van der Waals surface area contributed by atoms with E-state index in [2.05, 4.69) is 24.5 Å². The normalized spacial score (nSPS) is 12.1. The molecule has 352 valence electrons. The second-order valence-electron chi connectivity index (χ2n) is 15.7. The van der Waals surface area contributed by atoms with Gasteiger partial charge in [-0.25, -0.2) is 4.79 Å². The molecule has 14 heteroatoms. The fourth-order valence-electron chi connectivity index (χ4n) is 6.43. The van der Waals surface area contributed by atoms with E-state index in [4.69, 9.17) is 33.2 Å². The van der Waals surface area contributed by atoms with Crippen molar-refractivity contribution >= 4 is 29.7 Å². The van der Waals surface area contributed by atoms with Crippen LogP contribution in [0.5, 0.6) is 0 Å². The zero-order chi connectivity index (χ0) is 44.2. The number of unbranched alkanes of at least 4 members (excludes halogenated alkanes) is 22. The van der Waals surface area contributed by atoms with E-state index in [-0.39, 0.29) is 59.0 Å². The molecule has 0 aliphatic carbocycles. The summed E-state index contributed by atoms with van der Waals surface area (Å²) in [5.41, 5.74) is 0. The first kappa shape index (κ1) is 57.2. The van der Waals surface area contributed by atoms with E-state index in [1.54, 1.807) is 0 Å². The number of carbonyl (C=O) groups excluding carboxylic acids is 5. The second-order valence-corrected chi connectivity index (χ2v) is 15.7. The summed E-state index contributed by atoms with van der Waals surface area (Å²) in [6.45, 7) is 3.79. The van der Waals surface area contributed by atoms with Gasteiger partial charge in [-0.1, -0.05) is 155 Å².